The van der Waals surface area contributed by atoms with Crippen molar-refractivity contribution >= 4 is 17.7 Å². The number of alkyl halides is 3. The molecular formula is C12H13F3N2O. The number of hydrogen-bond donors (Lipinski definition) is 2. The lowest BCUT2D eigenvalue weighted by atomic mass is 10.1. The first-order chi connectivity index (χ1) is 8.30. The quantitative estimate of drug-likeness (QED) is 0.818. The van der Waals surface area contributed by atoms with Crippen molar-refractivity contribution in [3.05, 3.63) is 35.4 Å². The van der Waals surface area contributed by atoms with Gasteiger partial charge in [-0.15, -0.1) is 0 Å². The Morgan fingerprint density at radius 3 is 2.67 bits per heavy atom. The highest BCUT2D eigenvalue weighted by Crippen LogP contribution is 2.34. The van der Waals surface area contributed by atoms with Crippen LogP contribution in [0.5, 0.6) is 0 Å². The van der Waals surface area contributed by atoms with Crippen molar-refractivity contribution in [3.63, 3.8) is 0 Å². The molecule has 3 N–H and O–H groups in total. The van der Waals surface area contributed by atoms with E-state index in [1.807, 2.05) is 0 Å². The first-order valence-corrected chi connectivity index (χ1v) is 5.18. The third-order valence-electron chi connectivity index (χ3n) is 2.16. The third-order valence-corrected chi connectivity index (χ3v) is 2.16. The number of nitrogens with two attached hydrogens (primary N) is 1. The third kappa shape index (κ3) is 4.12. The molecule has 0 fully saturated rings. The average molecular weight is 258 g/mol. The molecule has 1 aromatic rings. The van der Waals surface area contributed by atoms with E-state index in [4.69, 9.17) is 5.73 Å². The van der Waals surface area contributed by atoms with Gasteiger partial charge in [-0.1, -0.05) is 18.2 Å². The largest absolute Gasteiger partial charge is 0.418 e. The molecule has 6 heteroatoms. The second kappa shape index (κ2) is 5.57. The molecule has 1 amide bonds. The van der Waals surface area contributed by atoms with Crippen LogP contribution in [0.15, 0.2) is 24.3 Å². The number of rotatable bonds is 3. The van der Waals surface area contributed by atoms with Crippen LogP contribution in [0.2, 0.25) is 0 Å². The van der Waals surface area contributed by atoms with Gasteiger partial charge in [0.05, 0.1) is 5.56 Å². The molecule has 1 aromatic carbocycles. The van der Waals surface area contributed by atoms with E-state index in [1.165, 1.54) is 25.1 Å². The molecule has 0 saturated carbocycles. The second-order valence-corrected chi connectivity index (χ2v) is 3.68. The van der Waals surface area contributed by atoms with E-state index in [1.54, 1.807) is 6.08 Å². The number of anilines is 1. The van der Waals surface area contributed by atoms with Gasteiger partial charge in [-0.3, -0.25) is 4.79 Å². The SMILES string of the molecule is CC(=O)NCC=Cc1ccc(N)c(C(F)(F)F)c1. The van der Waals surface area contributed by atoms with E-state index in [0.29, 0.717) is 5.56 Å². The maximum Gasteiger partial charge on any atom is 0.418 e. The minimum Gasteiger partial charge on any atom is -0.398 e. The number of halogens is 3. The monoisotopic (exact) mass is 258 g/mol. The van der Waals surface area contributed by atoms with Gasteiger partial charge in [-0.2, -0.15) is 13.2 Å². The van der Waals surface area contributed by atoms with Gasteiger partial charge >= 0.3 is 6.18 Å². The summed E-state index contributed by atoms with van der Waals surface area (Å²) in [7, 11) is 0. The van der Waals surface area contributed by atoms with E-state index in [9.17, 15) is 18.0 Å². The summed E-state index contributed by atoms with van der Waals surface area (Å²) >= 11 is 0. The number of amides is 1. The number of carbonyl (C=O) groups excluding carboxylic acids is 1. The molecule has 0 aliphatic heterocycles. The number of nitrogens with one attached hydrogen (secondary N) is 1. The maximum atomic E-state index is 12.6. The minimum atomic E-state index is -4.47. The highest BCUT2D eigenvalue weighted by molar-refractivity contribution is 5.73. The normalized spacial score (nSPS) is 11.8. The second-order valence-electron chi connectivity index (χ2n) is 3.68. The van der Waals surface area contributed by atoms with Crippen LogP contribution in [0.4, 0.5) is 18.9 Å². The Morgan fingerprint density at radius 1 is 1.44 bits per heavy atom. The zero-order chi connectivity index (χ0) is 13.8. The predicted molar refractivity (Wildman–Crippen MR) is 63.6 cm³/mol. The van der Waals surface area contributed by atoms with Crippen molar-refractivity contribution < 1.29 is 18.0 Å². The molecule has 0 aliphatic rings. The number of hydrogen-bond acceptors (Lipinski definition) is 2. The van der Waals surface area contributed by atoms with Crippen LogP contribution >= 0.6 is 0 Å². The first kappa shape index (κ1) is 14.1. The minimum absolute atomic E-state index is 0.201. The van der Waals surface area contributed by atoms with E-state index < -0.39 is 11.7 Å². The Morgan fingerprint density at radius 2 is 2.11 bits per heavy atom. The van der Waals surface area contributed by atoms with Gasteiger partial charge in [-0.05, 0) is 17.7 Å². The van der Waals surface area contributed by atoms with Gasteiger partial charge < -0.3 is 11.1 Å². The number of nitrogen functional groups attached to an aromatic ring is 1. The van der Waals surface area contributed by atoms with Gasteiger partial charge in [0.2, 0.25) is 5.91 Å². The van der Waals surface area contributed by atoms with Crippen LogP contribution in [0.3, 0.4) is 0 Å². The van der Waals surface area contributed by atoms with Crippen LogP contribution in [0.1, 0.15) is 18.1 Å². The summed E-state index contributed by atoms with van der Waals surface area (Å²) in [6.07, 6.45) is -1.41. The molecule has 0 aromatic heterocycles. The summed E-state index contributed by atoms with van der Waals surface area (Å²) < 4.78 is 37.7. The predicted octanol–water partition coefficient (Wildman–Crippen LogP) is 2.44. The van der Waals surface area contributed by atoms with Crippen molar-refractivity contribution in [1.82, 2.24) is 5.32 Å². The molecule has 0 bridgehead atoms. The van der Waals surface area contributed by atoms with E-state index in [-0.39, 0.29) is 18.1 Å². The molecule has 18 heavy (non-hydrogen) atoms. The van der Waals surface area contributed by atoms with Crippen molar-refractivity contribution in [2.75, 3.05) is 12.3 Å². The number of benzene rings is 1. The fraction of sp³-hybridized carbons (Fsp3) is 0.250. The molecule has 0 unspecified atom stereocenters. The molecule has 1 rings (SSSR count). The van der Waals surface area contributed by atoms with E-state index in [0.717, 1.165) is 6.07 Å². The zero-order valence-corrected chi connectivity index (χ0v) is 9.71. The van der Waals surface area contributed by atoms with Crippen molar-refractivity contribution in [1.29, 1.82) is 0 Å². The average Bonchev–Trinajstić information content (AvgIpc) is 2.24. The van der Waals surface area contributed by atoms with Crippen LogP contribution in [-0.4, -0.2) is 12.5 Å². The molecule has 3 nitrogen and oxygen atoms in total. The fourth-order valence-corrected chi connectivity index (χ4v) is 1.32. The van der Waals surface area contributed by atoms with Gasteiger partial charge in [0.15, 0.2) is 0 Å². The molecule has 0 spiro atoms. The smallest absolute Gasteiger partial charge is 0.398 e. The van der Waals surface area contributed by atoms with Crippen LogP contribution in [-0.2, 0) is 11.0 Å². The highest BCUT2D eigenvalue weighted by atomic mass is 19.4. The molecule has 0 aliphatic carbocycles. The molecule has 0 heterocycles. The van der Waals surface area contributed by atoms with Crippen molar-refractivity contribution in [2.45, 2.75) is 13.1 Å². The van der Waals surface area contributed by atoms with Crippen molar-refractivity contribution in [2.24, 2.45) is 0 Å². The van der Waals surface area contributed by atoms with Crippen LogP contribution in [0, 0.1) is 0 Å². The van der Waals surface area contributed by atoms with Crippen molar-refractivity contribution in [3.8, 4) is 0 Å². The summed E-state index contributed by atoms with van der Waals surface area (Å²) in [6.45, 7) is 1.62. The van der Waals surface area contributed by atoms with E-state index >= 15 is 0 Å². The van der Waals surface area contributed by atoms with Crippen LogP contribution in [0.25, 0.3) is 6.08 Å². The molecule has 0 saturated heterocycles. The molecule has 0 radical (unpaired) electrons. The van der Waals surface area contributed by atoms with Gasteiger partial charge in [0.25, 0.3) is 0 Å². The molecule has 98 valence electrons. The Kier molecular flexibility index (Phi) is 4.36. The Bertz CT molecular complexity index is 467. The molecule has 0 atom stereocenters. The van der Waals surface area contributed by atoms with Crippen LogP contribution < -0.4 is 11.1 Å². The molecular weight excluding hydrogens is 245 g/mol. The summed E-state index contributed by atoms with van der Waals surface area (Å²) in [5.41, 5.74) is 4.48. The summed E-state index contributed by atoms with van der Waals surface area (Å²) in [4.78, 5) is 10.6. The standard InChI is InChI=1S/C12H13F3N2O/c1-8(18)17-6-2-3-9-4-5-11(16)10(7-9)12(13,14)15/h2-5,7H,6,16H2,1H3,(H,17,18). The Hall–Kier alpha value is -1.98. The summed E-state index contributed by atoms with van der Waals surface area (Å²) in [6, 6.07) is 3.66. The summed E-state index contributed by atoms with van der Waals surface area (Å²) in [5.74, 6) is -0.201. The van der Waals surface area contributed by atoms with E-state index in [2.05, 4.69) is 5.32 Å². The van der Waals surface area contributed by atoms with Gasteiger partial charge in [0, 0.05) is 19.2 Å². The van der Waals surface area contributed by atoms with Gasteiger partial charge in [0.1, 0.15) is 0 Å². The first-order valence-electron chi connectivity index (χ1n) is 5.18. The lowest BCUT2D eigenvalue weighted by molar-refractivity contribution is -0.136. The lowest BCUT2D eigenvalue weighted by Crippen LogP contribution is -2.19. The Labute approximate surface area is 102 Å². The van der Waals surface area contributed by atoms with Gasteiger partial charge in [-0.25, -0.2) is 0 Å². The maximum absolute atomic E-state index is 12.6. The topological polar surface area (TPSA) is 55.1 Å². The highest BCUT2D eigenvalue weighted by Gasteiger charge is 2.32. The Balaban J connectivity index is 2.83. The lowest BCUT2D eigenvalue weighted by Gasteiger charge is -2.10. The number of carbonyl (C=O) groups is 1. The summed E-state index contributed by atoms with van der Waals surface area (Å²) in [5, 5.41) is 2.50. The zero-order valence-electron chi connectivity index (χ0n) is 9.71. The fourth-order valence-electron chi connectivity index (χ4n) is 1.32.